The number of ether oxygens (including phenoxy) is 2. The first kappa shape index (κ1) is 15.4. The van der Waals surface area contributed by atoms with Crippen molar-refractivity contribution in [1.82, 2.24) is 0 Å². The lowest BCUT2D eigenvalue weighted by atomic mass is 9.97. The van der Waals surface area contributed by atoms with Crippen LogP contribution >= 0.6 is 15.9 Å². The quantitative estimate of drug-likeness (QED) is 0.676. The van der Waals surface area contributed by atoms with Gasteiger partial charge in [0.05, 0.1) is 14.2 Å². The zero-order chi connectivity index (χ0) is 15.6. The van der Waals surface area contributed by atoms with E-state index < -0.39 is 0 Å². The first-order valence-electron chi connectivity index (χ1n) is 6.31. The van der Waals surface area contributed by atoms with Gasteiger partial charge in [0, 0.05) is 21.3 Å². The van der Waals surface area contributed by atoms with Gasteiger partial charge in [-0.15, -0.1) is 0 Å². The van der Waals surface area contributed by atoms with Crippen LogP contribution in [0, 0.1) is 6.92 Å². The van der Waals surface area contributed by atoms with Crippen molar-refractivity contribution in [3.05, 3.63) is 51.5 Å². The number of hydrogen-bond donors (Lipinski definition) is 1. The Kier molecular flexibility index (Phi) is 4.53. The van der Waals surface area contributed by atoms with Crippen molar-refractivity contribution < 1.29 is 14.3 Å². The van der Waals surface area contributed by atoms with E-state index in [1.54, 1.807) is 25.3 Å². The lowest BCUT2D eigenvalue weighted by molar-refractivity contribution is 0.103. The van der Waals surface area contributed by atoms with Crippen molar-refractivity contribution in [2.24, 2.45) is 0 Å². The molecule has 0 bridgehead atoms. The largest absolute Gasteiger partial charge is 0.493 e. The Labute approximate surface area is 132 Å². The molecule has 0 unspecified atom stereocenters. The molecule has 2 aromatic rings. The number of methoxy groups -OCH3 is 2. The van der Waals surface area contributed by atoms with Gasteiger partial charge in [0.1, 0.15) is 0 Å². The average Bonchev–Trinajstić information content (AvgIpc) is 2.46. The average molecular weight is 350 g/mol. The number of hydrogen-bond acceptors (Lipinski definition) is 4. The van der Waals surface area contributed by atoms with Crippen LogP contribution in [0.1, 0.15) is 21.5 Å². The summed E-state index contributed by atoms with van der Waals surface area (Å²) in [5.41, 5.74) is 8.22. The summed E-state index contributed by atoms with van der Waals surface area (Å²) in [5, 5.41) is 0. The SMILES string of the molecule is COc1cc(Br)c(C(=O)c2c(C)cccc2N)cc1OC. The third-order valence-electron chi connectivity index (χ3n) is 3.25. The van der Waals surface area contributed by atoms with Crippen LogP contribution < -0.4 is 15.2 Å². The van der Waals surface area contributed by atoms with Crippen LogP contribution in [0.4, 0.5) is 5.69 Å². The lowest BCUT2D eigenvalue weighted by Crippen LogP contribution is -2.09. The first-order chi connectivity index (χ1) is 9.99. The highest BCUT2D eigenvalue weighted by molar-refractivity contribution is 9.10. The van der Waals surface area contributed by atoms with Crippen LogP contribution in [-0.4, -0.2) is 20.0 Å². The highest BCUT2D eigenvalue weighted by Crippen LogP contribution is 2.35. The van der Waals surface area contributed by atoms with Crippen LogP contribution in [0.2, 0.25) is 0 Å². The molecule has 2 rings (SSSR count). The van der Waals surface area contributed by atoms with Gasteiger partial charge in [-0.2, -0.15) is 0 Å². The van der Waals surface area contributed by atoms with E-state index in [0.717, 1.165) is 5.56 Å². The van der Waals surface area contributed by atoms with E-state index >= 15 is 0 Å². The van der Waals surface area contributed by atoms with Crippen molar-refractivity contribution in [3.63, 3.8) is 0 Å². The predicted molar refractivity (Wildman–Crippen MR) is 86.3 cm³/mol. The van der Waals surface area contributed by atoms with Gasteiger partial charge in [-0.3, -0.25) is 4.79 Å². The van der Waals surface area contributed by atoms with E-state index in [1.807, 2.05) is 19.1 Å². The van der Waals surface area contributed by atoms with E-state index in [9.17, 15) is 4.79 Å². The third kappa shape index (κ3) is 2.88. The van der Waals surface area contributed by atoms with Gasteiger partial charge in [0.25, 0.3) is 0 Å². The van der Waals surface area contributed by atoms with Crippen molar-refractivity contribution in [3.8, 4) is 11.5 Å². The Morgan fingerprint density at radius 3 is 2.33 bits per heavy atom. The number of anilines is 1. The van der Waals surface area contributed by atoms with Crippen molar-refractivity contribution in [2.75, 3.05) is 20.0 Å². The summed E-state index contributed by atoms with van der Waals surface area (Å²) in [6, 6.07) is 8.76. The number of carbonyl (C=O) groups excluding carboxylic acids is 1. The molecule has 0 aliphatic carbocycles. The number of aryl methyl sites for hydroxylation is 1. The van der Waals surface area contributed by atoms with Gasteiger partial charge < -0.3 is 15.2 Å². The van der Waals surface area contributed by atoms with Crippen LogP contribution in [0.15, 0.2) is 34.8 Å². The third-order valence-corrected chi connectivity index (χ3v) is 3.91. The van der Waals surface area contributed by atoms with E-state index in [2.05, 4.69) is 15.9 Å². The molecule has 0 aliphatic rings. The molecule has 0 heterocycles. The first-order valence-corrected chi connectivity index (χ1v) is 7.10. The molecular weight excluding hydrogens is 334 g/mol. The Morgan fingerprint density at radius 2 is 1.76 bits per heavy atom. The minimum absolute atomic E-state index is 0.154. The summed E-state index contributed by atoms with van der Waals surface area (Å²) in [5.74, 6) is 0.897. The summed E-state index contributed by atoms with van der Waals surface area (Å²) < 4.78 is 11.1. The molecule has 2 N–H and O–H groups in total. The Balaban J connectivity index is 2.59. The number of carbonyl (C=O) groups is 1. The van der Waals surface area contributed by atoms with E-state index in [1.165, 1.54) is 7.11 Å². The minimum atomic E-state index is -0.154. The summed E-state index contributed by atoms with van der Waals surface area (Å²) in [7, 11) is 3.08. The Hall–Kier alpha value is -2.01. The van der Waals surface area contributed by atoms with Gasteiger partial charge in [-0.25, -0.2) is 0 Å². The molecule has 0 aliphatic heterocycles. The number of rotatable bonds is 4. The number of halogens is 1. The maximum absolute atomic E-state index is 12.8. The smallest absolute Gasteiger partial charge is 0.196 e. The predicted octanol–water partition coefficient (Wildman–Crippen LogP) is 3.59. The van der Waals surface area contributed by atoms with Gasteiger partial charge in [-0.05, 0) is 46.6 Å². The number of nitrogens with two attached hydrogens (primary N) is 1. The molecule has 0 amide bonds. The summed E-state index contributed by atoms with van der Waals surface area (Å²) in [6.07, 6.45) is 0. The molecular formula is C16H16BrNO3. The Morgan fingerprint density at radius 1 is 1.14 bits per heavy atom. The molecule has 4 nitrogen and oxygen atoms in total. The fraction of sp³-hybridized carbons (Fsp3) is 0.188. The van der Waals surface area contributed by atoms with Gasteiger partial charge >= 0.3 is 0 Å². The molecule has 0 aromatic heterocycles. The molecule has 0 saturated carbocycles. The molecule has 0 saturated heterocycles. The minimum Gasteiger partial charge on any atom is -0.493 e. The van der Waals surface area contributed by atoms with Crippen molar-refractivity contribution in [1.29, 1.82) is 0 Å². The van der Waals surface area contributed by atoms with Crippen LogP contribution in [0.25, 0.3) is 0 Å². The zero-order valence-corrected chi connectivity index (χ0v) is 13.7. The lowest BCUT2D eigenvalue weighted by Gasteiger charge is -2.13. The van der Waals surface area contributed by atoms with E-state index in [4.69, 9.17) is 15.2 Å². The van der Waals surface area contributed by atoms with Crippen molar-refractivity contribution >= 4 is 27.4 Å². The fourth-order valence-electron chi connectivity index (χ4n) is 2.16. The second-order valence-corrected chi connectivity index (χ2v) is 5.41. The standard InChI is InChI=1S/C16H16BrNO3/c1-9-5-4-6-12(18)15(9)16(19)10-7-13(20-2)14(21-3)8-11(10)17/h4-8H,18H2,1-3H3. The second-order valence-electron chi connectivity index (χ2n) is 4.56. The Bertz CT molecular complexity index is 678. The summed E-state index contributed by atoms with van der Waals surface area (Å²) in [4.78, 5) is 12.8. The number of nitrogen functional groups attached to an aromatic ring is 1. The van der Waals surface area contributed by atoms with Crippen LogP contribution in [0.3, 0.4) is 0 Å². The van der Waals surface area contributed by atoms with E-state index in [-0.39, 0.29) is 5.78 Å². The zero-order valence-electron chi connectivity index (χ0n) is 12.1. The molecule has 0 atom stereocenters. The maximum Gasteiger partial charge on any atom is 0.196 e. The summed E-state index contributed by atoms with van der Waals surface area (Å²) in [6.45, 7) is 1.86. The molecule has 0 radical (unpaired) electrons. The second kappa shape index (κ2) is 6.18. The van der Waals surface area contributed by atoms with Gasteiger partial charge in [-0.1, -0.05) is 12.1 Å². The monoisotopic (exact) mass is 349 g/mol. The summed E-state index contributed by atoms with van der Waals surface area (Å²) >= 11 is 3.40. The molecule has 21 heavy (non-hydrogen) atoms. The van der Waals surface area contributed by atoms with Gasteiger partial charge in [0.2, 0.25) is 0 Å². The normalized spacial score (nSPS) is 10.3. The van der Waals surface area contributed by atoms with Crippen LogP contribution in [0.5, 0.6) is 11.5 Å². The number of benzene rings is 2. The highest BCUT2D eigenvalue weighted by Gasteiger charge is 2.20. The maximum atomic E-state index is 12.8. The highest BCUT2D eigenvalue weighted by atomic mass is 79.9. The van der Waals surface area contributed by atoms with Crippen LogP contribution in [-0.2, 0) is 0 Å². The topological polar surface area (TPSA) is 61.5 Å². The van der Waals surface area contributed by atoms with Gasteiger partial charge in [0.15, 0.2) is 17.3 Å². The molecule has 110 valence electrons. The van der Waals surface area contributed by atoms with Crippen molar-refractivity contribution in [2.45, 2.75) is 6.92 Å². The molecule has 0 fully saturated rings. The van der Waals surface area contributed by atoms with E-state index in [0.29, 0.717) is 32.8 Å². The number of ketones is 1. The molecule has 5 heteroatoms. The molecule has 0 spiro atoms. The molecule has 2 aromatic carbocycles. The fourth-order valence-corrected chi connectivity index (χ4v) is 2.67.